The lowest BCUT2D eigenvalue weighted by Crippen LogP contribution is -2.59. The molecule has 1 saturated carbocycles. The second-order valence-corrected chi connectivity index (χ2v) is 7.22. The van der Waals surface area contributed by atoms with Gasteiger partial charge >= 0.3 is 18.2 Å². The van der Waals surface area contributed by atoms with Crippen molar-refractivity contribution in [1.29, 1.82) is 0 Å². The number of amides is 2. The highest BCUT2D eigenvalue weighted by atomic mass is 19.4. The van der Waals surface area contributed by atoms with E-state index in [1.54, 1.807) is 12.4 Å². The SMILES string of the molecule is O=C(NNC(=O)C1(n2cc3ccccc3c2)OCCCO1)C1CC(OC(F)(F)F)C1. The molecule has 1 aromatic heterocycles. The van der Waals surface area contributed by atoms with Crippen molar-refractivity contribution in [2.75, 3.05) is 13.2 Å². The first-order valence-corrected chi connectivity index (χ1v) is 9.47. The summed E-state index contributed by atoms with van der Waals surface area (Å²) in [6.07, 6.45) is -1.95. The Morgan fingerprint density at radius 1 is 1.07 bits per heavy atom. The lowest BCUT2D eigenvalue weighted by molar-refractivity contribution is -0.353. The Morgan fingerprint density at radius 2 is 1.67 bits per heavy atom. The molecule has 0 unspecified atom stereocenters. The molecule has 30 heavy (non-hydrogen) atoms. The van der Waals surface area contributed by atoms with Crippen LogP contribution in [0.2, 0.25) is 0 Å². The Morgan fingerprint density at radius 3 is 2.23 bits per heavy atom. The molecule has 2 aliphatic rings. The molecule has 1 aliphatic heterocycles. The molecular weight excluding hydrogens is 407 g/mol. The second kappa shape index (κ2) is 7.89. The van der Waals surface area contributed by atoms with Crippen LogP contribution in [0.3, 0.4) is 0 Å². The van der Waals surface area contributed by atoms with E-state index in [4.69, 9.17) is 9.47 Å². The molecule has 2 N–H and O–H groups in total. The van der Waals surface area contributed by atoms with Gasteiger partial charge in [-0.25, -0.2) is 0 Å². The smallest absolute Gasteiger partial charge is 0.325 e. The minimum Gasteiger partial charge on any atom is -0.325 e. The van der Waals surface area contributed by atoms with Crippen molar-refractivity contribution >= 4 is 22.6 Å². The van der Waals surface area contributed by atoms with Crippen LogP contribution in [0, 0.1) is 5.92 Å². The molecule has 11 heteroatoms. The number of carbonyl (C=O) groups excluding carboxylic acids is 2. The van der Waals surface area contributed by atoms with Crippen molar-refractivity contribution in [3.05, 3.63) is 36.7 Å². The van der Waals surface area contributed by atoms with Crippen molar-refractivity contribution in [3.63, 3.8) is 0 Å². The first-order chi connectivity index (χ1) is 14.3. The standard InChI is InChI=1S/C19H20F3N3O5/c20-19(21,22)30-15-8-14(9-15)16(26)23-24-17(27)18(28-6-3-7-29-18)25-10-12-4-1-2-5-13(12)11-25/h1-2,4-5,10-11,14-15H,3,6-9H2,(H,23,26)(H,24,27). The fraction of sp³-hybridized carbons (Fsp3) is 0.474. The average Bonchev–Trinajstić information content (AvgIpc) is 3.13. The first kappa shape index (κ1) is 20.6. The summed E-state index contributed by atoms with van der Waals surface area (Å²) < 4.78 is 53.3. The van der Waals surface area contributed by atoms with E-state index in [-0.39, 0.29) is 26.1 Å². The third kappa shape index (κ3) is 4.13. The van der Waals surface area contributed by atoms with Gasteiger partial charge in [0.1, 0.15) is 0 Å². The Bertz CT molecular complexity index is 900. The molecule has 2 aromatic rings. The largest absolute Gasteiger partial charge is 0.522 e. The van der Waals surface area contributed by atoms with Gasteiger partial charge in [0.25, 0.3) is 0 Å². The van der Waals surface area contributed by atoms with Gasteiger partial charge in [0, 0.05) is 18.3 Å². The number of halogens is 3. The van der Waals surface area contributed by atoms with E-state index in [2.05, 4.69) is 15.6 Å². The van der Waals surface area contributed by atoms with E-state index < -0.39 is 36.1 Å². The number of ether oxygens (including phenoxy) is 3. The number of hydrazine groups is 1. The number of fused-ring (bicyclic) bond motifs is 1. The highest BCUT2D eigenvalue weighted by Crippen LogP contribution is 2.35. The summed E-state index contributed by atoms with van der Waals surface area (Å²) in [5.41, 5.74) is 4.52. The molecule has 2 fully saturated rings. The summed E-state index contributed by atoms with van der Waals surface area (Å²) in [7, 11) is 0. The average molecular weight is 427 g/mol. The number of alkyl halides is 3. The third-order valence-electron chi connectivity index (χ3n) is 5.13. The van der Waals surface area contributed by atoms with E-state index in [1.807, 2.05) is 24.3 Å². The van der Waals surface area contributed by atoms with Crippen LogP contribution < -0.4 is 10.9 Å². The fourth-order valence-corrected chi connectivity index (χ4v) is 3.54. The van der Waals surface area contributed by atoms with Crippen LogP contribution in [-0.4, -0.2) is 42.1 Å². The Balaban J connectivity index is 1.40. The van der Waals surface area contributed by atoms with Gasteiger partial charge in [0.2, 0.25) is 5.91 Å². The van der Waals surface area contributed by atoms with Crippen LogP contribution in [0.5, 0.6) is 0 Å². The molecule has 162 valence electrons. The van der Waals surface area contributed by atoms with Crippen LogP contribution in [0.25, 0.3) is 10.8 Å². The molecule has 1 aromatic carbocycles. The van der Waals surface area contributed by atoms with Gasteiger partial charge in [-0.1, -0.05) is 24.3 Å². The van der Waals surface area contributed by atoms with Crippen molar-refractivity contribution < 1.29 is 37.0 Å². The normalized spacial score (nSPS) is 23.6. The number of aromatic nitrogens is 1. The summed E-state index contributed by atoms with van der Waals surface area (Å²) >= 11 is 0. The first-order valence-electron chi connectivity index (χ1n) is 9.47. The maximum Gasteiger partial charge on any atom is 0.522 e. The van der Waals surface area contributed by atoms with Crippen molar-refractivity contribution in [2.45, 2.75) is 37.6 Å². The molecule has 4 rings (SSSR count). The highest BCUT2D eigenvalue weighted by molar-refractivity contribution is 5.88. The van der Waals surface area contributed by atoms with E-state index in [1.165, 1.54) is 4.57 Å². The fourth-order valence-electron chi connectivity index (χ4n) is 3.54. The molecule has 1 aliphatic carbocycles. The summed E-state index contributed by atoms with van der Waals surface area (Å²) in [6, 6.07) is 7.46. The molecule has 0 atom stereocenters. The van der Waals surface area contributed by atoms with Crippen LogP contribution >= 0.6 is 0 Å². The molecule has 0 bridgehead atoms. The number of hydrogen-bond acceptors (Lipinski definition) is 5. The summed E-state index contributed by atoms with van der Waals surface area (Å²) in [5, 5.41) is 1.74. The van der Waals surface area contributed by atoms with Gasteiger partial charge < -0.3 is 9.47 Å². The zero-order chi connectivity index (χ0) is 21.4. The predicted molar refractivity (Wildman–Crippen MR) is 96.4 cm³/mol. The predicted octanol–water partition coefficient (Wildman–Crippen LogP) is 2.15. The number of hydrogen-bond donors (Lipinski definition) is 2. The van der Waals surface area contributed by atoms with Crippen molar-refractivity contribution in [3.8, 4) is 0 Å². The Kier molecular flexibility index (Phi) is 5.43. The molecule has 1 saturated heterocycles. The Hall–Kier alpha value is -2.63. The molecule has 8 nitrogen and oxygen atoms in total. The van der Waals surface area contributed by atoms with Gasteiger partial charge in [0.15, 0.2) is 0 Å². The van der Waals surface area contributed by atoms with Crippen LogP contribution in [0.1, 0.15) is 19.3 Å². The van der Waals surface area contributed by atoms with Gasteiger partial charge in [-0.05, 0) is 30.0 Å². The molecular formula is C19H20F3N3O5. The maximum absolute atomic E-state index is 12.9. The quantitative estimate of drug-likeness (QED) is 0.730. The summed E-state index contributed by atoms with van der Waals surface area (Å²) in [4.78, 5) is 25.1. The van der Waals surface area contributed by atoms with Crippen molar-refractivity contribution in [1.82, 2.24) is 15.4 Å². The van der Waals surface area contributed by atoms with E-state index in [0.29, 0.717) is 6.42 Å². The monoisotopic (exact) mass is 427 g/mol. The van der Waals surface area contributed by atoms with Gasteiger partial charge in [0.05, 0.1) is 19.3 Å². The number of nitrogens with one attached hydrogen (secondary N) is 2. The summed E-state index contributed by atoms with van der Waals surface area (Å²) in [6.45, 7) is 0.546. The number of nitrogens with zero attached hydrogens (tertiary/aromatic N) is 1. The highest BCUT2D eigenvalue weighted by Gasteiger charge is 2.47. The molecule has 2 amide bonds. The van der Waals surface area contributed by atoms with Crippen molar-refractivity contribution in [2.24, 2.45) is 5.92 Å². The third-order valence-corrected chi connectivity index (χ3v) is 5.13. The summed E-state index contributed by atoms with van der Waals surface area (Å²) in [5.74, 6) is -3.84. The molecule has 2 heterocycles. The zero-order valence-electron chi connectivity index (χ0n) is 15.8. The van der Waals surface area contributed by atoms with Crippen LogP contribution in [0.15, 0.2) is 36.7 Å². The molecule has 0 radical (unpaired) electrons. The topological polar surface area (TPSA) is 90.8 Å². The van der Waals surface area contributed by atoms with Gasteiger partial charge in [-0.2, -0.15) is 0 Å². The minimum atomic E-state index is -4.73. The lowest BCUT2D eigenvalue weighted by Gasteiger charge is -2.37. The van der Waals surface area contributed by atoms with E-state index in [9.17, 15) is 22.8 Å². The van der Waals surface area contributed by atoms with E-state index in [0.717, 1.165) is 10.8 Å². The lowest BCUT2D eigenvalue weighted by atomic mass is 9.82. The molecule has 0 spiro atoms. The van der Waals surface area contributed by atoms with Crippen LogP contribution in [-0.2, 0) is 29.7 Å². The maximum atomic E-state index is 12.9. The van der Waals surface area contributed by atoms with Gasteiger partial charge in [-0.3, -0.25) is 29.7 Å². The van der Waals surface area contributed by atoms with E-state index >= 15 is 0 Å². The Labute approximate surface area is 169 Å². The van der Waals surface area contributed by atoms with Gasteiger partial charge in [-0.15, -0.1) is 13.2 Å². The number of carbonyl (C=O) groups is 2. The number of benzene rings is 1. The number of rotatable bonds is 4. The zero-order valence-corrected chi connectivity index (χ0v) is 15.8. The van der Waals surface area contributed by atoms with Crippen LogP contribution in [0.4, 0.5) is 13.2 Å². The minimum absolute atomic E-state index is 0.0810. The second-order valence-electron chi connectivity index (χ2n) is 7.22.